The molecule has 84 valence electrons. The van der Waals surface area contributed by atoms with Gasteiger partial charge in [-0.25, -0.2) is 4.31 Å². The quantitative estimate of drug-likeness (QED) is 0.310. The van der Waals surface area contributed by atoms with Gasteiger partial charge in [-0.1, -0.05) is 12.2 Å². The Morgan fingerprint density at radius 3 is 2.67 bits per heavy atom. The summed E-state index contributed by atoms with van der Waals surface area (Å²) in [5.41, 5.74) is 0.869. The van der Waals surface area contributed by atoms with E-state index in [0.717, 1.165) is 31.5 Å². The maximum atomic E-state index is 11.7. The molecule has 0 aromatic heterocycles. The van der Waals surface area contributed by atoms with Gasteiger partial charge in [0.1, 0.15) is 0 Å². The van der Waals surface area contributed by atoms with E-state index in [2.05, 4.69) is 10.9 Å². The highest BCUT2D eigenvalue weighted by Gasteiger charge is 2.16. The van der Waals surface area contributed by atoms with Crippen LogP contribution >= 0.6 is 11.9 Å². The van der Waals surface area contributed by atoms with E-state index in [1.165, 1.54) is 24.8 Å². The Balaban J connectivity index is 2.31. The molecular formula is C12H19NOS. The van der Waals surface area contributed by atoms with Crippen LogP contribution < -0.4 is 0 Å². The minimum Gasteiger partial charge on any atom is -0.281 e. The van der Waals surface area contributed by atoms with Crippen LogP contribution in [-0.2, 0) is 4.79 Å². The van der Waals surface area contributed by atoms with Crippen molar-refractivity contribution in [1.82, 2.24) is 4.31 Å². The largest absolute Gasteiger partial charge is 0.281 e. The van der Waals surface area contributed by atoms with E-state index in [9.17, 15) is 4.79 Å². The number of hydrogen-bond acceptors (Lipinski definition) is 3. The Morgan fingerprint density at radius 2 is 2.07 bits per heavy atom. The third-order valence-corrected chi connectivity index (χ3v) is 3.53. The average Bonchev–Trinajstić information content (AvgIpc) is 2.70. The highest BCUT2D eigenvalue weighted by Crippen LogP contribution is 2.21. The summed E-state index contributed by atoms with van der Waals surface area (Å²) in [6.45, 7) is 7.66. The molecular weight excluding hydrogens is 206 g/mol. The number of nitrogens with zero attached hydrogens (tertiary/aromatic N) is 1. The predicted octanol–water partition coefficient (Wildman–Crippen LogP) is 3.17. The number of carbonyl (C=O) groups is 1. The van der Waals surface area contributed by atoms with Crippen LogP contribution in [0.25, 0.3) is 0 Å². The number of carbonyl (C=O) groups excluding carboxylic acids is 1. The molecule has 0 unspecified atom stereocenters. The Hall–Kier alpha value is -0.540. The van der Waals surface area contributed by atoms with Crippen molar-refractivity contribution < 1.29 is 4.79 Å². The summed E-state index contributed by atoms with van der Waals surface area (Å²) in [4.78, 5) is 11.7. The normalized spacial score (nSPS) is 18.1. The first kappa shape index (κ1) is 12.5. The number of allylic oxidation sites excluding steroid dienone is 2. The van der Waals surface area contributed by atoms with Crippen LogP contribution in [-0.4, -0.2) is 22.5 Å². The zero-order chi connectivity index (χ0) is 11.1. The molecule has 15 heavy (non-hydrogen) atoms. The van der Waals surface area contributed by atoms with Crippen LogP contribution in [0.2, 0.25) is 0 Å². The summed E-state index contributed by atoms with van der Waals surface area (Å²) < 4.78 is 2.16. The van der Waals surface area contributed by atoms with E-state index in [0.29, 0.717) is 0 Å². The van der Waals surface area contributed by atoms with Crippen molar-refractivity contribution >= 4 is 17.1 Å². The summed E-state index contributed by atoms with van der Waals surface area (Å²) in [6, 6.07) is 0. The molecule has 1 aliphatic heterocycles. The van der Waals surface area contributed by atoms with Crippen molar-refractivity contribution in [3.05, 3.63) is 24.3 Å². The maximum Gasteiger partial charge on any atom is 0.229 e. The standard InChI is InChI=1S/C12H19NOS/c1-3-4-5-8-11(2)12(14)15-13-9-6-7-10-13/h3,8H,1,4-7,9-10H2,2H3/b11-8-. The molecule has 0 atom stereocenters. The first-order chi connectivity index (χ1) is 7.24. The lowest BCUT2D eigenvalue weighted by atomic mass is 10.2. The predicted molar refractivity (Wildman–Crippen MR) is 66.6 cm³/mol. The van der Waals surface area contributed by atoms with Gasteiger partial charge in [0.25, 0.3) is 0 Å². The van der Waals surface area contributed by atoms with Crippen molar-refractivity contribution in [3.63, 3.8) is 0 Å². The van der Waals surface area contributed by atoms with Crippen molar-refractivity contribution in [1.29, 1.82) is 0 Å². The van der Waals surface area contributed by atoms with Gasteiger partial charge in [-0.15, -0.1) is 6.58 Å². The second-order valence-electron chi connectivity index (χ2n) is 3.77. The van der Waals surface area contributed by atoms with E-state index >= 15 is 0 Å². The fourth-order valence-electron chi connectivity index (χ4n) is 1.47. The summed E-state index contributed by atoms with van der Waals surface area (Å²) in [6.07, 6.45) is 8.19. The van der Waals surface area contributed by atoms with E-state index in [4.69, 9.17) is 0 Å². The first-order valence-electron chi connectivity index (χ1n) is 5.49. The van der Waals surface area contributed by atoms with Gasteiger partial charge in [0, 0.05) is 30.6 Å². The molecule has 3 heteroatoms. The molecule has 0 aromatic carbocycles. The Labute approximate surface area is 96.5 Å². The highest BCUT2D eigenvalue weighted by atomic mass is 32.2. The number of rotatable bonds is 5. The molecule has 0 aliphatic carbocycles. The lowest BCUT2D eigenvalue weighted by molar-refractivity contribution is -0.108. The third kappa shape index (κ3) is 4.67. The second-order valence-corrected chi connectivity index (χ2v) is 4.84. The molecule has 0 N–H and O–H groups in total. The minimum absolute atomic E-state index is 0.195. The van der Waals surface area contributed by atoms with Crippen LogP contribution in [0.15, 0.2) is 24.3 Å². The first-order valence-corrected chi connectivity index (χ1v) is 6.26. The molecule has 0 spiro atoms. The van der Waals surface area contributed by atoms with Gasteiger partial charge in [-0.3, -0.25) is 4.79 Å². The van der Waals surface area contributed by atoms with Crippen molar-refractivity contribution in [2.45, 2.75) is 32.6 Å². The topological polar surface area (TPSA) is 20.3 Å². The molecule has 0 saturated carbocycles. The van der Waals surface area contributed by atoms with Gasteiger partial charge in [0.2, 0.25) is 5.12 Å². The molecule has 2 nitrogen and oxygen atoms in total. The molecule has 0 radical (unpaired) electrons. The monoisotopic (exact) mass is 225 g/mol. The van der Waals surface area contributed by atoms with Crippen molar-refractivity contribution in [2.24, 2.45) is 0 Å². The summed E-state index contributed by atoms with van der Waals surface area (Å²) >= 11 is 1.37. The van der Waals surface area contributed by atoms with Crippen LogP contribution in [0.5, 0.6) is 0 Å². The van der Waals surface area contributed by atoms with E-state index in [1.807, 2.05) is 19.1 Å². The zero-order valence-electron chi connectivity index (χ0n) is 9.37. The Bertz CT molecular complexity index is 254. The van der Waals surface area contributed by atoms with Crippen LogP contribution in [0.4, 0.5) is 0 Å². The highest BCUT2D eigenvalue weighted by molar-refractivity contribution is 8.12. The summed E-state index contributed by atoms with van der Waals surface area (Å²) in [7, 11) is 0. The minimum atomic E-state index is 0.195. The van der Waals surface area contributed by atoms with Crippen LogP contribution in [0, 0.1) is 0 Å². The summed E-state index contributed by atoms with van der Waals surface area (Å²) in [5.74, 6) is 0. The number of hydrogen-bond donors (Lipinski definition) is 0. The Kier molecular flexibility index (Phi) is 5.73. The van der Waals surface area contributed by atoms with Crippen LogP contribution in [0.1, 0.15) is 32.6 Å². The van der Waals surface area contributed by atoms with Crippen molar-refractivity contribution in [3.8, 4) is 0 Å². The van der Waals surface area contributed by atoms with Gasteiger partial charge in [-0.2, -0.15) is 0 Å². The smallest absolute Gasteiger partial charge is 0.229 e. The van der Waals surface area contributed by atoms with Gasteiger partial charge in [0.05, 0.1) is 0 Å². The molecule has 1 rings (SSSR count). The summed E-state index contributed by atoms with van der Waals surface area (Å²) in [5, 5.41) is 0.195. The molecule has 0 bridgehead atoms. The van der Waals surface area contributed by atoms with Gasteiger partial charge in [-0.05, 0) is 32.6 Å². The van der Waals surface area contributed by atoms with Gasteiger partial charge >= 0.3 is 0 Å². The molecule has 1 heterocycles. The zero-order valence-corrected chi connectivity index (χ0v) is 10.2. The maximum absolute atomic E-state index is 11.7. The second kappa shape index (κ2) is 6.85. The molecule has 1 fully saturated rings. The molecule has 0 amide bonds. The Morgan fingerprint density at radius 1 is 1.40 bits per heavy atom. The average molecular weight is 225 g/mol. The molecule has 0 aromatic rings. The van der Waals surface area contributed by atoms with Crippen molar-refractivity contribution in [2.75, 3.05) is 13.1 Å². The molecule has 1 aliphatic rings. The van der Waals surface area contributed by atoms with Gasteiger partial charge < -0.3 is 0 Å². The van der Waals surface area contributed by atoms with E-state index < -0.39 is 0 Å². The van der Waals surface area contributed by atoms with E-state index in [1.54, 1.807) is 0 Å². The van der Waals surface area contributed by atoms with E-state index in [-0.39, 0.29) is 5.12 Å². The number of unbranched alkanes of at least 4 members (excludes halogenated alkanes) is 1. The molecule has 1 saturated heterocycles. The lowest BCUT2D eigenvalue weighted by Crippen LogP contribution is -2.13. The van der Waals surface area contributed by atoms with Gasteiger partial charge in [0.15, 0.2) is 0 Å². The third-order valence-electron chi connectivity index (χ3n) is 2.42. The fraction of sp³-hybridized carbons (Fsp3) is 0.583. The van der Waals surface area contributed by atoms with Crippen LogP contribution in [0.3, 0.4) is 0 Å². The fourth-order valence-corrected chi connectivity index (χ4v) is 2.37. The SMILES string of the molecule is C=CCC/C=C(/C)C(=O)SN1CCCC1. The lowest BCUT2D eigenvalue weighted by Gasteiger charge is -2.11.